The van der Waals surface area contributed by atoms with Crippen molar-refractivity contribution < 1.29 is 25.6 Å². The van der Waals surface area contributed by atoms with Crippen LogP contribution in [0.4, 0.5) is 0 Å². The Kier molecular flexibility index (Phi) is 10.0. The van der Waals surface area contributed by atoms with Crippen molar-refractivity contribution >= 4 is 0 Å². The summed E-state index contributed by atoms with van der Waals surface area (Å²) in [5, 5.41) is 5.12. The molecular formula is C49H55IrN3-2. The molecule has 277 valence electrons. The molecule has 4 aromatic carbocycles. The van der Waals surface area contributed by atoms with Crippen molar-refractivity contribution in [2.75, 3.05) is 0 Å². The maximum absolute atomic E-state index is 8.79. The number of nitrogens with zero attached hydrogens (tertiary/aromatic N) is 3. The minimum Gasteiger partial charge on any atom is -0.305 e. The van der Waals surface area contributed by atoms with Gasteiger partial charge in [0.15, 0.2) is 0 Å². The molecule has 0 fully saturated rings. The van der Waals surface area contributed by atoms with Crippen LogP contribution in [0.25, 0.3) is 39.3 Å². The number of pyridine rings is 1. The molecule has 1 aliphatic rings. The van der Waals surface area contributed by atoms with Gasteiger partial charge >= 0.3 is 0 Å². The summed E-state index contributed by atoms with van der Waals surface area (Å²) in [6, 6.07) is 40.7. The Morgan fingerprint density at radius 2 is 1.38 bits per heavy atom. The van der Waals surface area contributed by atoms with Gasteiger partial charge in [0.25, 0.3) is 0 Å². The predicted molar refractivity (Wildman–Crippen MR) is 219 cm³/mol. The number of hydrogen-bond acceptors (Lipinski definition) is 2. The van der Waals surface area contributed by atoms with Gasteiger partial charge in [0, 0.05) is 48.5 Å². The maximum Gasteiger partial charge on any atom is 0.0929 e. The largest absolute Gasteiger partial charge is 0.305 e. The van der Waals surface area contributed by atoms with Crippen LogP contribution in [0, 0.1) is 29.9 Å². The molecule has 0 saturated carbocycles. The molecule has 0 aliphatic carbocycles. The summed E-state index contributed by atoms with van der Waals surface area (Å²) in [7, 11) is 0. The second-order valence-electron chi connectivity index (χ2n) is 17.1. The minimum absolute atomic E-state index is 0. The van der Waals surface area contributed by atoms with Crippen LogP contribution in [0.15, 0.2) is 109 Å². The average Bonchev–Trinajstić information content (AvgIpc) is 3.61. The molecule has 6 aromatic rings. The zero-order valence-corrected chi connectivity index (χ0v) is 35.5. The second kappa shape index (κ2) is 15.3. The molecule has 0 amide bonds. The van der Waals surface area contributed by atoms with Crippen LogP contribution < -0.4 is 0 Å². The first-order chi connectivity index (χ1) is 26.0. The summed E-state index contributed by atoms with van der Waals surface area (Å²) in [6.45, 7) is 22.7. The fraction of sp³-hybridized carbons (Fsp3) is 0.347. The Bertz CT molecular complexity index is 2290. The summed E-state index contributed by atoms with van der Waals surface area (Å²) in [6.07, 6.45) is -1.11. The van der Waals surface area contributed by atoms with Gasteiger partial charge in [-0.05, 0) is 82.2 Å². The van der Waals surface area contributed by atoms with Gasteiger partial charge in [-0.25, -0.2) is 0 Å². The zero-order chi connectivity index (χ0) is 41.1. The first kappa shape index (κ1) is 34.6. The van der Waals surface area contributed by atoms with Crippen LogP contribution in [-0.4, -0.2) is 14.8 Å². The normalized spacial score (nSPS) is 15.9. The van der Waals surface area contributed by atoms with Crippen LogP contribution in [0.3, 0.4) is 0 Å². The van der Waals surface area contributed by atoms with Gasteiger partial charge in [0.05, 0.1) is 5.69 Å². The maximum atomic E-state index is 8.79. The van der Waals surface area contributed by atoms with E-state index in [2.05, 4.69) is 63.0 Å². The summed E-state index contributed by atoms with van der Waals surface area (Å²) in [5.41, 5.74) is 9.97. The molecule has 3 heterocycles. The number of fused-ring (bicyclic) bond motifs is 3. The SMILES string of the molecule is [2H]C([2H])(c1ccc(-c2c[c-]c3c(c2)C(C)(C)C(C)(C)c2cc(-c4ccc(C([2H])([2H])C(C)(C)C)c(C)c4)nn2-3)cc1)C(C)(C)C.[Ir].[c-]1ccccc1-c1ccccn1. The standard InChI is InChI=1S/C38H47N2.C11H8N.Ir/c1-25-20-29(16-17-30(25)24-36(5,6)7)32-22-34-38(10,11)37(8,9)31-21-28(18-19-33(31)40(34)39-32)27-14-12-26(13-15-27)23-35(2,3)4;1-2-6-10(7-3-1)11-8-4-5-9-12-11;/h12-18,20-22H,23-24H2,1-11H3;1-6,8-9H;/q2*-1;/i23D2,24D2;;. The van der Waals surface area contributed by atoms with Crippen molar-refractivity contribution in [3.63, 3.8) is 0 Å². The third-order valence-electron chi connectivity index (χ3n) is 10.1. The van der Waals surface area contributed by atoms with E-state index in [4.69, 9.17) is 10.6 Å². The molecule has 0 N–H and O–H groups in total. The molecule has 4 heteroatoms. The fourth-order valence-corrected chi connectivity index (χ4v) is 6.72. The van der Waals surface area contributed by atoms with Gasteiger partial charge in [0.2, 0.25) is 0 Å². The van der Waals surface area contributed by atoms with Crippen LogP contribution in [0.1, 0.15) is 103 Å². The van der Waals surface area contributed by atoms with Gasteiger partial charge in [0.1, 0.15) is 0 Å². The van der Waals surface area contributed by atoms with Crippen LogP contribution in [-0.2, 0) is 43.7 Å². The number of aryl methyl sites for hydroxylation is 1. The summed E-state index contributed by atoms with van der Waals surface area (Å²) < 4.78 is 36.9. The van der Waals surface area contributed by atoms with E-state index in [1.165, 1.54) is 5.56 Å². The van der Waals surface area contributed by atoms with E-state index in [-0.39, 0.29) is 30.9 Å². The molecular weight excluding hydrogens is 823 g/mol. The minimum atomic E-state index is -1.46. The number of rotatable bonds is 5. The number of hydrogen-bond donors (Lipinski definition) is 0. The Hall–Kier alpha value is -4.11. The van der Waals surface area contributed by atoms with Gasteiger partial charge in [-0.2, -0.15) is 23.3 Å². The zero-order valence-electron chi connectivity index (χ0n) is 37.1. The molecule has 0 spiro atoms. The molecule has 0 bridgehead atoms. The van der Waals surface area contributed by atoms with Crippen molar-refractivity contribution in [3.8, 4) is 39.3 Å². The molecule has 0 saturated heterocycles. The molecule has 2 aromatic heterocycles. The van der Waals surface area contributed by atoms with Crippen molar-refractivity contribution in [3.05, 3.63) is 149 Å². The fourth-order valence-electron chi connectivity index (χ4n) is 6.72. The average molecular weight is 882 g/mol. The van der Waals surface area contributed by atoms with E-state index in [1.54, 1.807) is 6.20 Å². The second-order valence-corrected chi connectivity index (χ2v) is 17.1. The summed E-state index contributed by atoms with van der Waals surface area (Å²) in [5.74, 6) is 0. The van der Waals surface area contributed by atoms with Gasteiger partial charge in [-0.15, -0.1) is 47.0 Å². The van der Waals surface area contributed by atoms with E-state index in [1.807, 2.05) is 138 Å². The monoisotopic (exact) mass is 882 g/mol. The predicted octanol–water partition coefficient (Wildman–Crippen LogP) is 12.6. The first-order valence-electron chi connectivity index (χ1n) is 20.3. The van der Waals surface area contributed by atoms with Crippen molar-refractivity contribution in [1.29, 1.82) is 0 Å². The van der Waals surface area contributed by atoms with Gasteiger partial charge < -0.3 is 4.98 Å². The molecule has 0 atom stereocenters. The third-order valence-corrected chi connectivity index (χ3v) is 10.1. The van der Waals surface area contributed by atoms with Crippen LogP contribution in [0.2, 0.25) is 0 Å². The molecule has 3 nitrogen and oxygen atoms in total. The van der Waals surface area contributed by atoms with E-state index >= 15 is 0 Å². The topological polar surface area (TPSA) is 30.7 Å². The number of aromatic nitrogens is 3. The first-order valence-corrected chi connectivity index (χ1v) is 18.3. The molecule has 7 rings (SSSR count). The Labute approximate surface area is 338 Å². The molecule has 1 aliphatic heterocycles. The Balaban J connectivity index is 0.000000405. The van der Waals surface area contributed by atoms with Crippen molar-refractivity contribution in [1.82, 2.24) is 14.8 Å². The van der Waals surface area contributed by atoms with E-state index in [0.717, 1.165) is 50.6 Å². The van der Waals surface area contributed by atoms with Crippen LogP contribution in [0.5, 0.6) is 0 Å². The third kappa shape index (κ3) is 8.83. The summed E-state index contributed by atoms with van der Waals surface area (Å²) in [4.78, 5) is 4.22. The summed E-state index contributed by atoms with van der Waals surface area (Å²) >= 11 is 0. The van der Waals surface area contributed by atoms with E-state index in [9.17, 15) is 0 Å². The van der Waals surface area contributed by atoms with Crippen LogP contribution >= 0.6 is 0 Å². The van der Waals surface area contributed by atoms with Crippen molar-refractivity contribution in [2.24, 2.45) is 10.8 Å². The van der Waals surface area contributed by atoms with Gasteiger partial charge in [-0.1, -0.05) is 123 Å². The van der Waals surface area contributed by atoms with Gasteiger partial charge in [-0.3, -0.25) is 4.68 Å². The van der Waals surface area contributed by atoms with E-state index < -0.39 is 23.6 Å². The Morgan fingerprint density at radius 1 is 0.698 bits per heavy atom. The molecule has 53 heavy (non-hydrogen) atoms. The quantitative estimate of drug-likeness (QED) is 0.162. The smallest absolute Gasteiger partial charge is 0.0929 e. The van der Waals surface area contributed by atoms with E-state index in [0.29, 0.717) is 11.1 Å². The molecule has 1 radical (unpaired) electrons. The number of benzene rings is 4. The van der Waals surface area contributed by atoms with Crippen molar-refractivity contribution in [2.45, 2.75) is 99.7 Å². The molecule has 0 unspecified atom stereocenters. The Morgan fingerprint density at radius 3 is 1.98 bits per heavy atom.